The van der Waals surface area contributed by atoms with E-state index >= 15 is 0 Å². The molecule has 2 heterocycles. The molecule has 39 heavy (non-hydrogen) atoms. The number of rotatable bonds is 6. The molecule has 0 aliphatic carbocycles. The molecule has 0 unspecified atom stereocenters. The van der Waals surface area contributed by atoms with Crippen LogP contribution in [-0.4, -0.2) is 71.4 Å². The number of benzene rings is 3. The first kappa shape index (κ1) is 26.1. The highest BCUT2D eigenvalue weighted by atomic mass is 16.5. The van der Waals surface area contributed by atoms with Crippen LogP contribution in [0.25, 0.3) is 22.3 Å². The van der Waals surface area contributed by atoms with Gasteiger partial charge in [0.1, 0.15) is 22.5 Å². The van der Waals surface area contributed by atoms with Crippen LogP contribution in [-0.2, 0) is 4.79 Å². The fourth-order valence-electron chi connectivity index (χ4n) is 5.05. The van der Waals surface area contributed by atoms with Gasteiger partial charge in [-0.05, 0) is 24.7 Å². The maximum Gasteiger partial charge on any atom is 0.223 e. The van der Waals surface area contributed by atoms with Gasteiger partial charge in [-0.2, -0.15) is 0 Å². The second-order valence-corrected chi connectivity index (χ2v) is 9.72. The summed E-state index contributed by atoms with van der Waals surface area (Å²) in [6.07, 6.45) is -0.0803. The number of hydrogen-bond acceptors (Lipinski definition) is 8. The molecule has 0 spiro atoms. The molecule has 9 nitrogen and oxygen atoms in total. The summed E-state index contributed by atoms with van der Waals surface area (Å²) >= 11 is 0. The van der Waals surface area contributed by atoms with E-state index in [1.165, 1.54) is 13.2 Å². The number of fused-ring (bicyclic) bond motifs is 1. The number of likely N-dealkylation sites (N-methyl/N-ethyl adjacent to an activating group) is 1. The zero-order valence-electron chi connectivity index (χ0n) is 21.8. The lowest BCUT2D eigenvalue weighted by Crippen LogP contribution is -2.47. The standard InChI is InChI=1S/C30H30N2O7/c1-31-11-13-32(14-12-31)24(34)16-21(19-9-6-10-20(15-19)38-2)25-27(35)29(37)28(36)26-22(33)17-23(39-30(25)26)18-7-4-3-5-8-18/h3-10,15,17,21,35-37H,11-14,16H2,1-2H3/t21-/m0/s1. The third-order valence-corrected chi connectivity index (χ3v) is 7.27. The van der Waals surface area contributed by atoms with Crippen LogP contribution in [0.3, 0.4) is 0 Å². The van der Waals surface area contributed by atoms with E-state index < -0.39 is 28.6 Å². The molecule has 9 heteroatoms. The minimum Gasteiger partial charge on any atom is -0.504 e. The highest BCUT2D eigenvalue weighted by Crippen LogP contribution is 2.49. The predicted octanol–water partition coefficient (Wildman–Crippen LogP) is 3.88. The number of ether oxygens (including phenoxy) is 1. The van der Waals surface area contributed by atoms with Gasteiger partial charge < -0.3 is 34.3 Å². The summed E-state index contributed by atoms with van der Waals surface area (Å²) in [4.78, 5) is 30.7. The monoisotopic (exact) mass is 530 g/mol. The second kappa shape index (κ2) is 10.7. The van der Waals surface area contributed by atoms with E-state index in [0.29, 0.717) is 30.0 Å². The number of nitrogens with zero attached hydrogens (tertiary/aromatic N) is 2. The molecule has 1 fully saturated rings. The Morgan fingerprint density at radius 2 is 1.67 bits per heavy atom. The number of methoxy groups -OCH3 is 1. The Labute approximate surface area is 225 Å². The Hall–Kier alpha value is -4.50. The third kappa shape index (κ3) is 5.00. The van der Waals surface area contributed by atoms with Crippen molar-refractivity contribution in [1.82, 2.24) is 9.80 Å². The molecule has 0 bridgehead atoms. The van der Waals surface area contributed by atoms with E-state index in [9.17, 15) is 24.9 Å². The van der Waals surface area contributed by atoms with Gasteiger partial charge in [-0.3, -0.25) is 9.59 Å². The Balaban J connectivity index is 1.74. The molecule has 1 aromatic heterocycles. The zero-order chi connectivity index (χ0) is 27.7. The number of phenolic OH excluding ortho intramolecular Hbond substituents is 3. The van der Waals surface area contributed by atoms with Crippen molar-refractivity contribution >= 4 is 16.9 Å². The molecule has 1 atom stereocenters. The van der Waals surface area contributed by atoms with Gasteiger partial charge in [-0.15, -0.1) is 0 Å². The van der Waals surface area contributed by atoms with Gasteiger partial charge in [-0.1, -0.05) is 42.5 Å². The van der Waals surface area contributed by atoms with Crippen molar-refractivity contribution in [2.24, 2.45) is 0 Å². The lowest BCUT2D eigenvalue weighted by molar-refractivity contribution is -0.133. The highest BCUT2D eigenvalue weighted by Gasteiger charge is 2.32. The van der Waals surface area contributed by atoms with Crippen LogP contribution >= 0.6 is 0 Å². The highest BCUT2D eigenvalue weighted by molar-refractivity contribution is 5.94. The quantitative estimate of drug-likeness (QED) is 0.321. The maximum atomic E-state index is 13.6. The summed E-state index contributed by atoms with van der Waals surface area (Å²) in [6, 6.07) is 17.2. The van der Waals surface area contributed by atoms with E-state index in [0.717, 1.165) is 13.1 Å². The summed E-state index contributed by atoms with van der Waals surface area (Å²) < 4.78 is 11.6. The Morgan fingerprint density at radius 3 is 2.36 bits per heavy atom. The Morgan fingerprint density at radius 1 is 0.949 bits per heavy atom. The van der Waals surface area contributed by atoms with Gasteiger partial charge in [0.05, 0.1) is 7.11 Å². The smallest absolute Gasteiger partial charge is 0.223 e. The first-order valence-corrected chi connectivity index (χ1v) is 12.7. The number of hydrogen-bond donors (Lipinski definition) is 3. The molecule has 1 amide bonds. The first-order valence-electron chi connectivity index (χ1n) is 12.7. The average Bonchev–Trinajstić information content (AvgIpc) is 2.96. The van der Waals surface area contributed by atoms with E-state index in [-0.39, 0.29) is 34.6 Å². The summed E-state index contributed by atoms with van der Waals surface area (Å²) in [5, 5.41) is 32.3. The largest absolute Gasteiger partial charge is 0.504 e. The Kier molecular flexibility index (Phi) is 7.17. The number of carbonyl (C=O) groups is 1. The van der Waals surface area contributed by atoms with E-state index in [1.54, 1.807) is 53.4 Å². The zero-order valence-corrected chi connectivity index (χ0v) is 21.8. The van der Waals surface area contributed by atoms with Crippen LogP contribution in [0, 0.1) is 0 Å². The molecular weight excluding hydrogens is 500 g/mol. The van der Waals surface area contributed by atoms with Gasteiger partial charge in [-0.25, -0.2) is 0 Å². The predicted molar refractivity (Wildman–Crippen MR) is 146 cm³/mol. The van der Waals surface area contributed by atoms with Gasteiger partial charge >= 0.3 is 0 Å². The van der Waals surface area contributed by atoms with Crippen LogP contribution in [0.5, 0.6) is 23.0 Å². The van der Waals surface area contributed by atoms with Crippen LogP contribution in [0.1, 0.15) is 23.5 Å². The molecule has 1 aliphatic heterocycles. The number of phenols is 3. The lowest BCUT2D eigenvalue weighted by atomic mass is 9.85. The Bertz CT molecular complexity index is 1570. The first-order chi connectivity index (χ1) is 18.8. The minimum atomic E-state index is -0.850. The molecule has 202 valence electrons. The van der Waals surface area contributed by atoms with E-state index in [1.807, 2.05) is 13.1 Å². The van der Waals surface area contributed by atoms with Crippen molar-refractivity contribution < 1.29 is 29.3 Å². The molecule has 1 saturated heterocycles. The molecule has 3 aromatic carbocycles. The summed E-state index contributed by atoms with van der Waals surface area (Å²) in [6.45, 7) is 2.58. The van der Waals surface area contributed by atoms with Gasteiger partial charge in [0.2, 0.25) is 11.7 Å². The van der Waals surface area contributed by atoms with Crippen LogP contribution in [0.15, 0.2) is 69.9 Å². The molecule has 5 rings (SSSR count). The van der Waals surface area contributed by atoms with Gasteiger partial charge in [0.25, 0.3) is 0 Å². The summed E-state index contributed by atoms with van der Waals surface area (Å²) in [5.74, 6) is -2.54. The normalized spacial score (nSPS) is 14.9. The number of aromatic hydroxyl groups is 3. The topological polar surface area (TPSA) is 124 Å². The fourth-order valence-corrected chi connectivity index (χ4v) is 5.05. The van der Waals surface area contributed by atoms with Crippen molar-refractivity contribution in [2.45, 2.75) is 12.3 Å². The lowest BCUT2D eigenvalue weighted by Gasteiger charge is -2.33. The maximum absolute atomic E-state index is 13.6. The molecule has 0 saturated carbocycles. The van der Waals surface area contributed by atoms with Gasteiger partial charge in [0, 0.05) is 55.7 Å². The van der Waals surface area contributed by atoms with Crippen LogP contribution in [0.4, 0.5) is 0 Å². The molecular formula is C30H30N2O7. The van der Waals surface area contributed by atoms with Crippen molar-refractivity contribution in [3.8, 4) is 34.3 Å². The summed E-state index contributed by atoms with van der Waals surface area (Å²) in [7, 11) is 3.52. The molecule has 1 aliphatic rings. The van der Waals surface area contributed by atoms with Crippen LogP contribution in [0.2, 0.25) is 0 Å². The molecule has 3 N–H and O–H groups in total. The average molecular weight is 531 g/mol. The van der Waals surface area contributed by atoms with Crippen molar-refractivity contribution in [1.29, 1.82) is 0 Å². The molecule has 4 aromatic rings. The molecule has 0 radical (unpaired) electrons. The SMILES string of the molecule is COc1cccc([C@H](CC(=O)N2CCN(C)CC2)c2c(O)c(O)c(O)c3c(=O)cc(-c4ccccc4)oc23)c1. The van der Waals surface area contributed by atoms with Crippen molar-refractivity contribution in [3.63, 3.8) is 0 Å². The van der Waals surface area contributed by atoms with E-state index in [2.05, 4.69) is 4.90 Å². The van der Waals surface area contributed by atoms with Crippen LogP contribution < -0.4 is 10.2 Å². The minimum absolute atomic E-state index is 0.0333. The number of amides is 1. The van der Waals surface area contributed by atoms with Crippen molar-refractivity contribution in [3.05, 3.63) is 82.0 Å². The number of carbonyl (C=O) groups excluding carboxylic acids is 1. The number of piperazine rings is 1. The fraction of sp³-hybridized carbons (Fsp3) is 0.267. The van der Waals surface area contributed by atoms with E-state index in [4.69, 9.17) is 9.15 Å². The second-order valence-electron chi connectivity index (χ2n) is 9.72. The third-order valence-electron chi connectivity index (χ3n) is 7.27. The van der Waals surface area contributed by atoms with Crippen molar-refractivity contribution in [2.75, 3.05) is 40.3 Å². The summed E-state index contributed by atoms with van der Waals surface area (Å²) in [5.41, 5.74) is 0.547. The van der Waals surface area contributed by atoms with Gasteiger partial charge in [0.15, 0.2) is 16.9 Å².